The Labute approximate surface area is 457 Å². The molecule has 1 fully saturated rings. The Bertz CT molecular complexity index is 4260. The zero-order valence-electron chi connectivity index (χ0n) is 45.1. The third-order valence-electron chi connectivity index (χ3n) is 18.9. The van der Waals surface area contributed by atoms with Crippen LogP contribution in [0.3, 0.4) is 0 Å². The first-order valence-electron chi connectivity index (χ1n) is 28.1. The molecule has 378 valence electrons. The molecule has 0 amide bonds. The Morgan fingerprint density at radius 1 is 0.410 bits per heavy atom. The number of hydrogen-bond donors (Lipinski definition) is 0. The van der Waals surface area contributed by atoms with Crippen molar-refractivity contribution in [2.45, 2.75) is 89.1 Å². The molecule has 0 bridgehead atoms. The molecule has 11 aromatic rings. The monoisotopic (exact) mass is 1010 g/mol. The van der Waals surface area contributed by atoms with E-state index in [0.717, 1.165) is 57.5 Å². The molecule has 2 atom stereocenters. The van der Waals surface area contributed by atoms with Crippen LogP contribution in [0.4, 0.5) is 34.1 Å². The first-order chi connectivity index (χ1) is 38.0. The number of ether oxygens (including phenoxy) is 1. The maximum Gasteiger partial charge on any atom is 0.144 e. The van der Waals surface area contributed by atoms with E-state index in [1.54, 1.807) is 0 Å². The van der Waals surface area contributed by atoms with E-state index >= 15 is 0 Å². The van der Waals surface area contributed by atoms with Gasteiger partial charge in [-0.15, -0.1) is 0 Å². The van der Waals surface area contributed by atoms with Gasteiger partial charge in [0.05, 0.1) is 0 Å². The second-order valence-electron chi connectivity index (χ2n) is 24.2. The van der Waals surface area contributed by atoms with Gasteiger partial charge in [0.1, 0.15) is 23.0 Å². The van der Waals surface area contributed by atoms with Crippen molar-refractivity contribution in [2.75, 3.05) is 9.80 Å². The molecular formula is C74H60N2O2. The molecule has 0 radical (unpaired) electrons. The van der Waals surface area contributed by atoms with Crippen molar-refractivity contribution in [3.63, 3.8) is 0 Å². The van der Waals surface area contributed by atoms with Gasteiger partial charge in [0.25, 0.3) is 0 Å². The highest BCUT2D eigenvalue weighted by molar-refractivity contribution is 6.21. The van der Waals surface area contributed by atoms with E-state index in [0.29, 0.717) is 5.92 Å². The molecule has 2 heterocycles. The summed E-state index contributed by atoms with van der Waals surface area (Å²) in [4.78, 5) is 4.85. The van der Waals surface area contributed by atoms with Crippen LogP contribution in [-0.4, -0.2) is 6.10 Å². The standard InChI is InChI=1S/C74H60N2O2/c1-72(2)58-41-49(37-39-52(58)63-60(72)43-56(44-21-10-7-11-22-44)70-65(63)55-29-20-32-62(55)77-70)76(48-35-33-47(34-36-48)75(45-23-12-8-13-24-45)46-25-14-9-15-26-46)50-38-40-53-59(42-50)74(5,6)69-67(53)71-66(54-28-17-19-31-61(54)78-71)64-51-27-16-18-30-57(51)73(3,4)68(64)69/h7-19,21-28,30-31,33-43,55,62H,20,29,32H2,1-6H3. The number of nitrogens with zero attached hydrogens (tertiary/aromatic N) is 2. The third-order valence-corrected chi connectivity index (χ3v) is 18.9. The van der Waals surface area contributed by atoms with Gasteiger partial charge >= 0.3 is 0 Å². The Balaban J connectivity index is 0.900. The smallest absolute Gasteiger partial charge is 0.144 e. The van der Waals surface area contributed by atoms with E-state index in [-0.39, 0.29) is 22.3 Å². The Hall–Kier alpha value is -8.60. The summed E-state index contributed by atoms with van der Waals surface area (Å²) in [5.74, 6) is 1.50. The maximum atomic E-state index is 7.11. The fourth-order valence-electron chi connectivity index (χ4n) is 15.3. The average molecular weight is 1010 g/mol. The van der Waals surface area contributed by atoms with E-state index < -0.39 is 0 Å². The van der Waals surface area contributed by atoms with E-state index in [1.807, 2.05) is 0 Å². The number of benzene rings is 10. The second kappa shape index (κ2) is 16.2. The topological polar surface area (TPSA) is 28.9 Å². The van der Waals surface area contributed by atoms with Gasteiger partial charge in [0.15, 0.2) is 0 Å². The minimum atomic E-state index is -0.364. The van der Waals surface area contributed by atoms with Gasteiger partial charge in [-0.3, -0.25) is 0 Å². The molecule has 16 rings (SSSR count). The Morgan fingerprint density at radius 2 is 0.923 bits per heavy atom. The normalized spacial score (nSPS) is 17.9. The van der Waals surface area contributed by atoms with Crippen molar-refractivity contribution < 1.29 is 9.15 Å². The van der Waals surface area contributed by atoms with Crippen LogP contribution >= 0.6 is 0 Å². The quantitative estimate of drug-likeness (QED) is 0.159. The van der Waals surface area contributed by atoms with Gasteiger partial charge in [-0.25, -0.2) is 0 Å². The summed E-state index contributed by atoms with van der Waals surface area (Å²) in [6, 6.07) is 76.3. The van der Waals surface area contributed by atoms with E-state index in [9.17, 15) is 0 Å². The van der Waals surface area contributed by atoms with Crippen molar-refractivity contribution in [3.8, 4) is 50.3 Å². The van der Waals surface area contributed by atoms with Crippen LogP contribution in [0.2, 0.25) is 0 Å². The van der Waals surface area contributed by atoms with Gasteiger partial charge in [-0.2, -0.15) is 0 Å². The number of rotatable bonds is 7. The number of anilines is 6. The minimum Gasteiger partial charge on any atom is -0.489 e. The third kappa shape index (κ3) is 6.17. The number of hydrogen-bond acceptors (Lipinski definition) is 4. The van der Waals surface area contributed by atoms with Crippen molar-refractivity contribution >= 4 is 56.1 Å². The molecule has 2 unspecified atom stereocenters. The molecule has 4 heteroatoms. The molecule has 4 nitrogen and oxygen atoms in total. The van der Waals surface area contributed by atoms with Crippen LogP contribution in [-0.2, 0) is 16.2 Å². The summed E-state index contributed by atoms with van der Waals surface area (Å²) in [6.07, 6.45) is 3.72. The lowest BCUT2D eigenvalue weighted by molar-refractivity contribution is 0.226. The van der Waals surface area contributed by atoms with Gasteiger partial charge in [-0.1, -0.05) is 163 Å². The van der Waals surface area contributed by atoms with Gasteiger partial charge in [-0.05, 0) is 171 Å². The fraction of sp³-hybridized carbons (Fsp3) is 0.189. The fourth-order valence-corrected chi connectivity index (χ4v) is 15.3. The summed E-state index contributed by atoms with van der Waals surface area (Å²) >= 11 is 0. The molecule has 0 spiro atoms. The molecule has 78 heavy (non-hydrogen) atoms. The van der Waals surface area contributed by atoms with Gasteiger partial charge in [0, 0.05) is 83.7 Å². The van der Waals surface area contributed by atoms with Crippen LogP contribution in [0.15, 0.2) is 211 Å². The van der Waals surface area contributed by atoms with Crippen molar-refractivity contribution in [1.82, 2.24) is 0 Å². The van der Waals surface area contributed by atoms with Crippen LogP contribution in [0.1, 0.15) is 106 Å². The van der Waals surface area contributed by atoms with Crippen molar-refractivity contribution in [1.29, 1.82) is 0 Å². The summed E-state index contributed by atoms with van der Waals surface area (Å²) < 4.78 is 14.1. The van der Waals surface area contributed by atoms with E-state index in [4.69, 9.17) is 9.15 Å². The highest BCUT2D eigenvalue weighted by Gasteiger charge is 2.50. The lowest BCUT2D eigenvalue weighted by Gasteiger charge is -2.32. The minimum absolute atomic E-state index is 0.229. The lowest BCUT2D eigenvalue weighted by atomic mass is 9.72. The second-order valence-corrected chi connectivity index (χ2v) is 24.2. The van der Waals surface area contributed by atoms with Gasteiger partial charge < -0.3 is 19.0 Å². The Morgan fingerprint density at radius 3 is 1.60 bits per heavy atom. The first kappa shape index (κ1) is 45.6. The van der Waals surface area contributed by atoms with Crippen LogP contribution < -0.4 is 14.5 Å². The van der Waals surface area contributed by atoms with Crippen LogP contribution in [0, 0.1) is 0 Å². The van der Waals surface area contributed by atoms with Crippen molar-refractivity contribution in [2.24, 2.45) is 0 Å². The highest BCUT2D eigenvalue weighted by atomic mass is 16.5. The van der Waals surface area contributed by atoms with Crippen LogP contribution in [0.25, 0.3) is 66.4 Å². The van der Waals surface area contributed by atoms with Crippen molar-refractivity contribution in [3.05, 3.63) is 245 Å². The molecule has 10 aromatic carbocycles. The molecule has 1 aliphatic heterocycles. The van der Waals surface area contributed by atoms with Crippen LogP contribution in [0.5, 0.6) is 5.75 Å². The summed E-state index contributed by atoms with van der Waals surface area (Å²) in [7, 11) is 0. The lowest BCUT2D eigenvalue weighted by Crippen LogP contribution is -2.24. The summed E-state index contributed by atoms with van der Waals surface area (Å²) in [5, 5.41) is 2.40. The number of furan rings is 1. The SMILES string of the molecule is CC1(C)c2cc(N(c3ccc(N(c4ccccc4)c4ccccc4)cc3)c3ccc4c(c3)C(C)(C)c3c5c(c6c(oc7ccccc76)c3-4)-c3ccccc3C5(C)C)ccc2-c2c1cc(-c1ccccc1)c1c2C2CCCC2O1. The zero-order chi connectivity index (χ0) is 52.4. The molecule has 5 aliphatic rings. The number of para-hydroxylation sites is 3. The summed E-state index contributed by atoms with van der Waals surface area (Å²) in [6.45, 7) is 14.7. The highest BCUT2D eigenvalue weighted by Crippen LogP contribution is 2.65. The van der Waals surface area contributed by atoms with E-state index in [2.05, 4.69) is 258 Å². The number of fused-ring (bicyclic) bond motifs is 19. The molecule has 1 saturated carbocycles. The Kier molecular flexibility index (Phi) is 9.48. The molecule has 0 saturated heterocycles. The predicted molar refractivity (Wildman–Crippen MR) is 322 cm³/mol. The average Bonchev–Trinajstić information content (AvgIpc) is 4.27. The molecule has 4 aliphatic carbocycles. The van der Waals surface area contributed by atoms with Gasteiger partial charge in [0.2, 0.25) is 0 Å². The first-order valence-corrected chi connectivity index (χ1v) is 28.1. The summed E-state index contributed by atoms with van der Waals surface area (Å²) in [5.41, 5.74) is 27.7. The predicted octanol–water partition coefficient (Wildman–Crippen LogP) is 20.1. The zero-order valence-corrected chi connectivity index (χ0v) is 45.1. The molecule has 1 aromatic heterocycles. The molecular weight excluding hydrogens is 949 g/mol. The maximum absolute atomic E-state index is 7.11. The van der Waals surface area contributed by atoms with E-state index in [1.165, 1.54) is 107 Å². The molecule has 0 N–H and O–H groups in total. The largest absolute Gasteiger partial charge is 0.489 e.